The van der Waals surface area contributed by atoms with Crippen LogP contribution in [0.25, 0.3) is 0 Å². The van der Waals surface area contributed by atoms with Crippen molar-refractivity contribution < 1.29 is 19.8 Å². The van der Waals surface area contributed by atoms with E-state index in [2.05, 4.69) is 10.6 Å². The van der Waals surface area contributed by atoms with Crippen LogP contribution in [0.1, 0.15) is 31.1 Å². The number of aromatic carboxylic acids is 1. The molecule has 0 aromatic heterocycles. The normalized spacial score (nSPS) is 10.8. The monoisotopic (exact) mass is 252 g/mol. The summed E-state index contributed by atoms with van der Waals surface area (Å²) in [6.45, 7) is 5.42. The first-order valence-corrected chi connectivity index (χ1v) is 5.34. The highest BCUT2D eigenvalue weighted by molar-refractivity contribution is 6.00. The average molecular weight is 252 g/mol. The number of hydrogen-bond donors (Lipinski definition) is 4. The van der Waals surface area contributed by atoms with E-state index in [1.807, 2.05) is 20.8 Å². The zero-order chi connectivity index (χ0) is 13.9. The predicted octanol–water partition coefficient (Wildman–Crippen LogP) is 2.01. The molecule has 2 amide bonds. The predicted molar refractivity (Wildman–Crippen MR) is 67.0 cm³/mol. The lowest BCUT2D eigenvalue weighted by atomic mass is 10.1. The summed E-state index contributed by atoms with van der Waals surface area (Å²) in [5.41, 5.74) is -0.467. The molecule has 1 aromatic rings. The van der Waals surface area contributed by atoms with E-state index in [9.17, 15) is 14.7 Å². The molecule has 0 bridgehead atoms. The molecule has 0 aliphatic carbocycles. The summed E-state index contributed by atoms with van der Waals surface area (Å²) in [5, 5.41) is 23.2. The highest BCUT2D eigenvalue weighted by Crippen LogP contribution is 2.21. The molecule has 6 heteroatoms. The van der Waals surface area contributed by atoms with Gasteiger partial charge in [0.1, 0.15) is 5.75 Å². The minimum atomic E-state index is -1.23. The van der Waals surface area contributed by atoms with Crippen molar-refractivity contribution in [1.29, 1.82) is 0 Å². The number of hydrogen-bond acceptors (Lipinski definition) is 3. The third kappa shape index (κ3) is 3.97. The molecule has 1 rings (SSSR count). The van der Waals surface area contributed by atoms with Crippen LogP contribution < -0.4 is 10.6 Å². The Hall–Kier alpha value is -2.24. The number of benzene rings is 1. The lowest BCUT2D eigenvalue weighted by Gasteiger charge is -2.21. The van der Waals surface area contributed by atoms with Crippen LogP contribution in [0, 0.1) is 0 Å². The Kier molecular flexibility index (Phi) is 3.80. The number of phenols is 1. The fourth-order valence-corrected chi connectivity index (χ4v) is 1.31. The molecule has 4 N–H and O–H groups in total. The van der Waals surface area contributed by atoms with Crippen molar-refractivity contribution in [3.8, 4) is 5.75 Å². The van der Waals surface area contributed by atoms with E-state index in [-0.39, 0.29) is 17.0 Å². The quantitative estimate of drug-likeness (QED) is 0.605. The maximum atomic E-state index is 11.6. The zero-order valence-electron chi connectivity index (χ0n) is 10.4. The van der Waals surface area contributed by atoms with Gasteiger partial charge in [0.2, 0.25) is 0 Å². The lowest BCUT2D eigenvalue weighted by Crippen LogP contribution is -2.43. The number of anilines is 1. The van der Waals surface area contributed by atoms with Crippen LogP contribution in [0.2, 0.25) is 0 Å². The third-order valence-corrected chi connectivity index (χ3v) is 1.97. The fraction of sp³-hybridized carbons (Fsp3) is 0.333. The van der Waals surface area contributed by atoms with E-state index in [4.69, 9.17) is 5.11 Å². The van der Waals surface area contributed by atoms with Gasteiger partial charge in [0.25, 0.3) is 0 Å². The molecule has 0 aliphatic heterocycles. The topological polar surface area (TPSA) is 98.7 Å². The van der Waals surface area contributed by atoms with Gasteiger partial charge >= 0.3 is 12.0 Å². The minimum absolute atomic E-state index is 0.127. The number of carbonyl (C=O) groups excluding carboxylic acids is 1. The van der Waals surface area contributed by atoms with Crippen molar-refractivity contribution in [2.24, 2.45) is 0 Å². The number of aromatic hydroxyl groups is 1. The number of nitrogens with one attached hydrogen (secondary N) is 2. The van der Waals surface area contributed by atoms with Crippen LogP contribution in [0.3, 0.4) is 0 Å². The van der Waals surface area contributed by atoms with Crippen molar-refractivity contribution in [1.82, 2.24) is 5.32 Å². The number of rotatable bonds is 2. The minimum Gasteiger partial charge on any atom is -0.508 e. The standard InChI is InChI=1S/C12H16N2O4/c1-12(2,3)14-11(18)13-9-5-4-7(15)6-8(9)10(16)17/h4-6,15H,1-3H3,(H,16,17)(H2,13,14,18). The van der Waals surface area contributed by atoms with Crippen molar-refractivity contribution in [2.45, 2.75) is 26.3 Å². The van der Waals surface area contributed by atoms with E-state index in [1.165, 1.54) is 12.1 Å². The Morgan fingerprint density at radius 2 is 1.83 bits per heavy atom. The highest BCUT2D eigenvalue weighted by atomic mass is 16.4. The fourth-order valence-electron chi connectivity index (χ4n) is 1.31. The molecule has 0 atom stereocenters. The van der Waals surface area contributed by atoms with Crippen LogP contribution in [0.5, 0.6) is 5.75 Å². The van der Waals surface area contributed by atoms with Crippen molar-refractivity contribution in [3.05, 3.63) is 23.8 Å². The van der Waals surface area contributed by atoms with Gasteiger partial charge < -0.3 is 20.8 Å². The van der Waals surface area contributed by atoms with E-state index in [1.54, 1.807) is 0 Å². The van der Waals surface area contributed by atoms with Crippen LogP contribution >= 0.6 is 0 Å². The molecule has 0 fully saturated rings. The van der Waals surface area contributed by atoms with E-state index >= 15 is 0 Å². The number of urea groups is 1. The van der Waals surface area contributed by atoms with Gasteiger partial charge in [0.05, 0.1) is 11.3 Å². The molecular weight excluding hydrogens is 236 g/mol. The third-order valence-electron chi connectivity index (χ3n) is 1.97. The lowest BCUT2D eigenvalue weighted by molar-refractivity contribution is 0.0697. The zero-order valence-corrected chi connectivity index (χ0v) is 10.4. The summed E-state index contributed by atoms with van der Waals surface area (Å²) < 4.78 is 0. The van der Waals surface area contributed by atoms with Gasteiger partial charge in [0.15, 0.2) is 0 Å². The van der Waals surface area contributed by atoms with Crippen LogP contribution in [0.4, 0.5) is 10.5 Å². The molecule has 98 valence electrons. The summed E-state index contributed by atoms with van der Waals surface area (Å²) in [4.78, 5) is 22.6. The summed E-state index contributed by atoms with van der Waals surface area (Å²) >= 11 is 0. The summed E-state index contributed by atoms with van der Waals surface area (Å²) in [5.74, 6) is -1.40. The van der Waals surface area contributed by atoms with Gasteiger partial charge in [-0.3, -0.25) is 0 Å². The van der Waals surface area contributed by atoms with Gasteiger partial charge in [-0.15, -0.1) is 0 Å². The maximum absolute atomic E-state index is 11.6. The first-order valence-electron chi connectivity index (χ1n) is 5.34. The summed E-state index contributed by atoms with van der Waals surface area (Å²) in [6, 6.07) is 3.21. The molecular formula is C12H16N2O4. The number of phenolic OH excluding ortho intramolecular Hbond substituents is 1. The Morgan fingerprint density at radius 3 is 2.33 bits per heavy atom. The second-order valence-corrected chi connectivity index (χ2v) is 4.86. The van der Waals surface area contributed by atoms with E-state index in [0.29, 0.717) is 0 Å². The first-order chi connectivity index (χ1) is 8.19. The smallest absolute Gasteiger partial charge is 0.337 e. The van der Waals surface area contributed by atoms with Gasteiger partial charge in [-0.25, -0.2) is 9.59 Å². The Bertz CT molecular complexity index is 477. The molecule has 6 nitrogen and oxygen atoms in total. The molecule has 0 saturated carbocycles. The number of carbonyl (C=O) groups is 2. The molecule has 0 saturated heterocycles. The van der Waals surface area contributed by atoms with Crippen molar-refractivity contribution in [2.75, 3.05) is 5.32 Å². The summed E-state index contributed by atoms with van der Waals surface area (Å²) in [7, 11) is 0. The van der Waals surface area contributed by atoms with Crippen LogP contribution in [0.15, 0.2) is 18.2 Å². The molecule has 1 aromatic carbocycles. The van der Waals surface area contributed by atoms with Gasteiger partial charge in [-0.2, -0.15) is 0 Å². The molecule has 18 heavy (non-hydrogen) atoms. The number of carboxylic acids is 1. The van der Waals surface area contributed by atoms with Crippen molar-refractivity contribution in [3.63, 3.8) is 0 Å². The van der Waals surface area contributed by atoms with E-state index < -0.39 is 17.5 Å². The van der Waals surface area contributed by atoms with Gasteiger partial charge in [-0.1, -0.05) is 0 Å². The number of carboxylic acid groups (broad SMARTS) is 1. The first kappa shape index (κ1) is 13.8. The van der Waals surface area contributed by atoms with Gasteiger partial charge in [0, 0.05) is 5.54 Å². The SMILES string of the molecule is CC(C)(C)NC(=O)Nc1ccc(O)cc1C(=O)O. The molecule has 0 spiro atoms. The Labute approximate surface area is 105 Å². The second-order valence-electron chi connectivity index (χ2n) is 4.86. The maximum Gasteiger partial charge on any atom is 0.337 e. The van der Waals surface area contributed by atoms with E-state index in [0.717, 1.165) is 6.07 Å². The number of amides is 2. The van der Waals surface area contributed by atoms with Crippen LogP contribution in [-0.2, 0) is 0 Å². The average Bonchev–Trinajstić information content (AvgIpc) is 2.17. The highest BCUT2D eigenvalue weighted by Gasteiger charge is 2.17. The van der Waals surface area contributed by atoms with Gasteiger partial charge in [-0.05, 0) is 39.0 Å². The van der Waals surface area contributed by atoms with Crippen molar-refractivity contribution >= 4 is 17.7 Å². The Balaban J connectivity index is 2.91. The molecule has 0 radical (unpaired) electrons. The molecule has 0 heterocycles. The molecule has 0 unspecified atom stereocenters. The summed E-state index contributed by atoms with van der Waals surface area (Å²) in [6.07, 6.45) is 0. The largest absolute Gasteiger partial charge is 0.508 e. The molecule has 0 aliphatic rings. The Morgan fingerprint density at radius 1 is 1.22 bits per heavy atom. The second kappa shape index (κ2) is 4.95. The van der Waals surface area contributed by atoms with Crippen LogP contribution in [-0.4, -0.2) is 27.8 Å².